The van der Waals surface area contributed by atoms with E-state index in [-0.39, 0.29) is 5.43 Å². The monoisotopic (exact) mass is 287 g/mol. The van der Waals surface area contributed by atoms with Crippen molar-refractivity contribution in [1.82, 2.24) is 4.98 Å². The fourth-order valence-electron chi connectivity index (χ4n) is 1.59. The molecular weight excluding hydrogens is 280 g/mol. The zero-order valence-electron chi connectivity index (χ0n) is 8.85. The molecule has 1 aromatic carbocycles. The van der Waals surface area contributed by atoms with Crippen LogP contribution in [0, 0.1) is 6.92 Å². The zero-order chi connectivity index (χ0) is 12.6. The summed E-state index contributed by atoms with van der Waals surface area (Å²) in [7, 11) is 0. The Bertz CT molecular complexity index is 634. The van der Waals surface area contributed by atoms with Crippen molar-refractivity contribution < 1.29 is 0 Å². The van der Waals surface area contributed by atoms with Crippen LogP contribution in [0.25, 0.3) is 11.3 Å². The van der Waals surface area contributed by atoms with Crippen molar-refractivity contribution in [3.8, 4) is 11.3 Å². The topological polar surface area (TPSA) is 32.9 Å². The van der Waals surface area contributed by atoms with Crippen molar-refractivity contribution in [3.05, 3.63) is 55.3 Å². The standard InChI is InChI=1S/C12H8Cl3NO/c1-6-4-7(17)5-10(16-6)11-8(13)2-3-9(14)12(11)15/h2-5H,1H3,(H,16,17). The molecule has 2 nitrogen and oxygen atoms in total. The van der Waals surface area contributed by atoms with E-state index in [2.05, 4.69) is 4.98 Å². The molecule has 1 aromatic heterocycles. The number of aromatic nitrogens is 1. The summed E-state index contributed by atoms with van der Waals surface area (Å²) < 4.78 is 0. The summed E-state index contributed by atoms with van der Waals surface area (Å²) in [5.74, 6) is 0. The first-order valence-electron chi connectivity index (χ1n) is 4.84. The summed E-state index contributed by atoms with van der Waals surface area (Å²) >= 11 is 18.1. The van der Waals surface area contributed by atoms with Crippen LogP contribution in [-0.4, -0.2) is 4.98 Å². The van der Waals surface area contributed by atoms with Crippen LogP contribution in [0.15, 0.2) is 29.1 Å². The third-order valence-corrected chi connectivity index (χ3v) is 3.41. The summed E-state index contributed by atoms with van der Waals surface area (Å²) in [5, 5.41) is 1.18. The maximum atomic E-state index is 11.5. The fourth-order valence-corrected chi connectivity index (χ4v) is 2.32. The van der Waals surface area contributed by atoms with E-state index in [0.29, 0.717) is 26.3 Å². The number of rotatable bonds is 1. The Morgan fingerprint density at radius 2 is 1.71 bits per heavy atom. The highest BCUT2D eigenvalue weighted by Gasteiger charge is 2.12. The van der Waals surface area contributed by atoms with Crippen LogP contribution < -0.4 is 5.43 Å². The van der Waals surface area contributed by atoms with E-state index in [4.69, 9.17) is 34.8 Å². The molecule has 1 N–H and O–H groups in total. The number of H-pyrrole nitrogens is 1. The molecule has 0 aliphatic rings. The van der Waals surface area contributed by atoms with Gasteiger partial charge in [0.25, 0.3) is 0 Å². The lowest BCUT2D eigenvalue weighted by Crippen LogP contribution is -2.02. The summed E-state index contributed by atoms with van der Waals surface area (Å²) in [4.78, 5) is 14.5. The van der Waals surface area contributed by atoms with Crippen molar-refractivity contribution in [1.29, 1.82) is 0 Å². The smallest absolute Gasteiger partial charge is 0.182 e. The minimum absolute atomic E-state index is 0.108. The van der Waals surface area contributed by atoms with E-state index >= 15 is 0 Å². The molecule has 0 saturated carbocycles. The number of nitrogens with one attached hydrogen (secondary N) is 1. The minimum atomic E-state index is -0.108. The minimum Gasteiger partial charge on any atom is -0.358 e. The van der Waals surface area contributed by atoms with Crippen LogP contribution in [0.3, 0.4) is 0 Å². The second kappa shape index (κ2) is 4.73. The second-order valence-electron chi connectivity index (χ2n) is 3.63. The van der Waals surface area contributed by atoms with Gasteiger partial charge in [-0.15, -0.1) is 0 Å². The lowest BCUT2D eigenvalue weighted by atomic mass is 10.1. The molecule has 0 fully saturated rings. The van der Waals surface area contributed by atoms with Crippen molar-refractivity contribution in [2.24, 2.45) is 0 Å². The predicted molar refractivity (Wildman–Crippen MR) is 72.3 cm³/mol. The van der Waals surface area contributed by atoms with Gasteiger partial charge in [-0.1, -0.05) is 34.8 Å². The predicted octanol–water partition coefficient (Wildman–Crippen LogP) is 4.31. The molecular formula is C12H8Cl3NO. The maximum absolute atomic E-state index is 11.5. The average Bonchev–Trinajstić information content (AvgIpc) is 2.23. The first-order chi connectivity index (χ1) is 7.99. The Morgan fingerprint density at radius 1 is 1.06 bits per heavy atom. The fraction of sp³-hybridized carbons (Fsp3) is 0.0833. The van der Waals surface area contributed by atoms with E-state index in [0.717, 1.165) is 5.69 Å². The van der Waals surface area contributed by atoms with Crippen molar-refractivity contribution in [2.75, 3.05) is 0 Å². The van der Waals surface area contributed by atoms with E-state index in [1.54, 1.807) is 19.1 Å². The van der Waals surface area contributed by atoms with Crippen LogP contribution >= 0.6 is 34.8 Å². The van der Waals surface area contributed by atoms with E-state index in [9.17, 15) is 4.79 Å². The van der Waals surface area contributed by atoms with Gasteiger partial charge in [0.15, 0.2) is 5.43 Å². The molecule has 1 heterocycles. The molecule has 0 aliphatic carbocycles. The number of hydrogen-bond donors (Lipinski definition) is 1. The molecule has 0 saturated heterocycles. The van der Waals surface area contributed by atoms with Gasteiger partial charge in [0.1, 0.15) is 0 Å². The Morgan fingerprint density at radius 3 is 2.35 bits per heavy atom. The maximum Gasteiger partial charge on any atom is 0.182 e. The Kier molecular flexibility index (Phi) is 3.48. The van der Waals surface area contributed by atoms with Crippen molar-refractivity contribution in [3.63, 3.8) is 0 Å². The SMILES string of the molecule is Cc1cc(=O)cc(-c2c(Cl)ccc(Cl)c2Cl)[nH]1. The number of halogens is 3. The third-order valence-electron chi connectivity index (χ3n) is 2.29. The molecule has 0 unspecified atom stereocenters. The van der Waals surface area contributed by atoms with Crippen LogP contribution in [0.5, 0.6) is 0 Å². The summed E-state index contributed by atoms with van der Waals surface area (Å²) in [6.07, 6.45) is 0. The Balaban J connectivity index is 2.76. The first-order valence-corrected chi connectivity index (χ1v) is 5.97. The van der Waals surface area contributed by atoms with E-state index in [1.165, 1.54) is 12.1 Å². The van der Waals surface area contributed by atoms with Gasteiger partial charge in [0, 0.05) is 23.4 Å². The third kappa shape index (κ3) is 2.49. The molecule has 0 amide bonds. The quantitative estimate of drug-likeness (QED) is 0.779. The highest BCUT2D eigenvalue weighted by atomic mass is 35.5. The van der Waals surface area contributed by atoms with Gasteiger partial charge in [-0.3, -0.25) is 4.79 Å². The Labute approximate surface area is 113 Å². The second-order valence-corrected chi connectivity index (χ2v) is 4.82. The molecule has 0 aliphatic heterocycles. The number of pyridine rings is 1. The van der Waals surface area contributed by atoms with Crippen LogP contribution in [-0.2, 0) is 0 Å². The molecule has 0 radical (unpaired) electrons. The highest BCUT2D eigenvalue weighted by molar-refractivity contribution is 6.46. The van der Waals surface area contributed by atoms with Crippen molar-refractivity contribution >= 4 is 34.8 Å². The highest BCUT2D eigenvalue weighted by Crippen LogP contribution is 2.37. The van der Waals surface area contributed by atoms with E-state index in [1.807, 2.05) is 0 Å². The summed E-state index contributed by atoms with van der Waals surface area (Å²) in [5.41, 5.74) is 1.73. The van der Waals surface area contributed by atoms with Gasteiger partial charge in [-0.2, -0.15) is 0 Å². The van der Waals surface area contributed by atoms with Gasteiger partial charge >= 0.3 is 0 Å². The number of aromatic amines is 1. The molecule has 88 valence electrons. The summed E-state index contributed by atoms with van der Waals surface area (Å²) in [6, 6.07) is 6.20. The van der Waals surface area contributed by atoms with Crippen molar-refractivity contribution in [2.45, 2.75) is 6.92 Å². The van der Waals surface area contributed by atoms with Gasteiger partial charge in [-0.05, 0) is 19.1 Å². The molecule has 17 heavy (non-hydrogen) atoms. The Hall–Kier alpha value is -0.960. The summed E-state index contributed by atoms with van der Waals surface area (Å²) in [6.45, 7) is 1.79. The molecule has 5 heteroatoms. The van der Waals surface area contributed by atoms with Gasteiger partial charge < -0.3 is 4.98 Å². The van der Waals surface area contributed by atoms with Crippen LogP contribution in [0.2, 0.25) is 15.1 Å². The van der Waals surface area contributed by atoms with Crippen LogP contribution in [0.1, 0.15) is 5.69 Å². The molecule has 0 spiro atoms. The first kappa shape index (κ1) is 12.5. The molecule has 2 rings (SSSR count). The molecule has 0 atom stereocenters. The van der Waals surface area contributed by atoms with Gasteiger partial charge in [0.05, 0.1) is 20.8 Å². The molecule has 2 aromatic rings. The zero-order valence-corrected chi connectivity index (χ0v) is 11.1. The molecule has 0 bridgehead atoms. The lowest BCUT2D eigenvalue weighted by molar-refractivity contribution is 1.19. The average molecular weight is 289 g/mol. The lowest BCUT2D eigenvalue weighted by Gasteiger charge is -2.09. The van der Waals surface area contributed by atoms with Crippen LogP contribution in [0.4, 0.5) is 0 Å². The van der Waals surface area contributed by atoms with Gasteiger partial charge in [-0.25, -0.2) is 0 Å². The number of aryl methyl sites for hydroxylation is 1. The van der Waals surface area contributed by atoms with E-state index < -0.39 is 0 Å². The normalized spacial score (nSPS) is 10.6. The largest absolute Gasteiger partial charge is 0.358 e. The number of hydrogen-bond acceptors (Lipinski definition) is 1. The number of benzene rings is 1. The van der Waals surface area contributed by atoms with Gasteiger partial charge in [0.2, 0.25) is 0 Å².